The van der Waals surface area contributed by atoms with Gasteiger partial charge in [0.05, 0.1) is 32.5 Å². The molecule has 3 rings (SSSR count). The number of ether oxygens (including phenoxy) is 6. The number of aromatic hydroxyl groups is 1. The molecule has 1 saturated heterocycles. The van der Waals surface area contributed by atoms with Crippen LogP contribution in [0.4, 0.5) is 0 Å². The average Bonchev–Trinajstić information content (AvgIpc) is 2.98. The highest BCUT2D eigenvalue weighted by Crippen LogP contribution is 2.38. The molecule has 0 saturated carbocycles. The van der Waals surface area contributed by atoms with Gasteiger partial charge in [-0.1, -0.05) is 0 Å². The number of aliphatic hydroxyl groups is 3. The van der Waals surface area contributed by atoms with Gasteiger partial charge in [0.25, 0.3) is 0 Å². The normalized spacial score (nSPS) is 21.4. The van der Waals surface area contributed by atoms with Gasteiger partial charge >= 0.3 is 11.9 Å². The maximum Gasteiger partial charge on any atom is 0.338 e. The predicted molar refractivity (Wildman–Crippen MR) is 148 cm³/mol. The Morgan fingerprint density at radius 1 is 0.907 bits per heavy atom. The van der Waals surface area contributed by atoms with E-state index in [1.54, 1.807) is 0 Å². The smallest absolute Gasteiger partial charge is 0.338 e. The van der Waals surface area contributed by atoms with E-state index in [2.05, 4.69) is 4.99 Å². The van der Waals surface area contributed by atoms with Crippen molar-refractivity contribution in [2.45, 2.75) is 43.5 Å². The largest absolute Gasteiger partial charge is 0.502 e. The van der Waals surface area contributed by atoms with Crippen LogP contribution < -0.4 is 30.4 Å². The molecular weight excluding hydrogens is 574 g/mol. The zero-order valence-corrected chi connectivity index (χ0v) is 23.6. The number of aliphatic hydroxyl groups excluding tert-OH is 3. The van der Waals surface area contributed by atoms with E-state index in [0.717, 1.165) is 0 Å². The number of aromatic carboxylic acids is 1. The summed E-state index contributed by atoms with van der Waals surface area (Å²) in [4.78, 5) is 28.3. The average molecular weight is 610 g/mol. The van der Waals surface area contributed by atoms with Crippen LogP contribution in [0, 0.1) is 0 Å². The van der Waals surface area contributed by atoms with E-state index in [0.29, 0.717) is 12.0 Å². The van der Waals surface area contributed by atoms with E-state index in [1.807, 2.05) is 0 Å². The lowest BCUT2D eigenvalue weighted by Gasteiger charge is -2.40. The molecule has 1 aliphatic rings. The van der Waals surface area contributed by atoms with E-state index in [1.165, 1.54) is 45.6 Å². The van der Waals surface area contributed by atoms with Gasteiger partial charge in [-0.05, 0) is 42.7 Å². The minimum Gasteiger partial charge on any atom is -0.502 e. The molecule has 0 unspecified atom stereocenters. The van der Waals surface area contributed by atoms with Gasteiger partial charge in [-0.15, -0.1) is 0 Å². The van der Waals surface area contributed by atoms with Crippen molar-refractivity contribution in [1.29, 1.82) is 0 Å². The molecule has 0 spiro atoms. The monoisotopic (exact) mass is 609 g/mol. The lowest BCUT2D eigenvalue weighted by Crippen LogP contribution is -2.60. The van der Waals surface area contributed by atoms with Crippen molar-refractivity contribution in [3.63, 3.8) is 0 Å². The molecule has 0 aliphatic carbocycles. The van der Waals surface area contributed by atoms with E-state index in [-0.39, 0.29) is 58.8 Å². The van der Waals surface area contributed by atoms with Crippen molar-refractivity contribution >= 4 is 17.9 Å². The van der Waals surface area contributed by atoms with Crippen molar-refractivity contribution in [2.24, 2.45) is 16.5 Å². The molecule has 0 radical (unpaired) electrons. The number of carbonyl (C=O) groups is 2. The van der Waals surface area contributed by atoms with E-state index < -0.39 is 49.3 Å². The summed E-state index contributed by atoms with van der Waals surface area (Å²) in [7, 11) is 3.84. The number of methoxy groups -OCH3 is 3. The number of aryl methyl sites for hydroxylation is 1. The molecule has 9 N–H and O–H groups in total. The van der Waals surface area contributed by atoms with Crippen LogP contribution in [0.1, 0.15) is 32.7 Å². The van der Waals surface area contributed by atoms with Crippen molar-refractivity contribution in [3.05, 3.63) is 41.0 Å². The highest BCUT2D eigenvalue weighted by molar-refractivity contribution is 5.91. The summed E-state index contributed by atoms with van der Waals surface area (Å²) in [5.74, 6) is -2.68. The van der Waals surface area contributed by atoms with Crippen LogP contribution in [0.15, 0.2) is 29.3 Å². The Bertz CT molecular complexity index is 1310. The lowest BCUT2D eigenvalue weighted by molar-refractivity contribution is -0.277. The molecule has 0 aromatic heterocycles. The molecule has 1 fully saturated rings. The fraction of sp³-hybridized carbons (Fsp3) is 0.444. The van der Waals surface area contributed by atoms with Gasteiger partial charge in [0.15, 0.2) is 29.0 Å². The summed E-state index contributed by atoms with van der Waals surface area (Å²) in [5.41, 5.74) is 10.9. The summed E-state index contributed by atoms with van der Waals surface area (Å²) in [6.45, 7) is -0.364. The van der Waals surface area contributed by atoms with Gasteiger partial charge in [-0.25, -0.2) is 9.59 Å². The first-order chi connectivity index (χ1) is 20.4. The number of nitrogens with two attached hydrogens (primary N) is 2. The first-order valence-electron chi connectivity index (χ1n) is 12.9. The molecule has 0 bridgehead atoms. The first kappa shape index (κ1) is 33.0. The Hall–Kier alpha value is -4.51. The predicted octanol–water partition coefficient (Wildman–Crippen LogP) is -0.634. The third kappa shape index (κ3) is 7.86. The molecule has 2 aromatic carbocycles. The number of hydrogen-bond acceptors (Lipinski definition) is 13. The zero-order valence-electron chi connectivity index (χ0n) is 23.6. The van der Waals surface area contributed by atoms with Gasteiger partial charge in [0.2, 0.25) is 12.0 Å². The van der Waals surface area contributed by atoms with Crippen molar-refractivity contribution in [1.82, 2.24) is 0 Å². The summed E-state index contributed by atoms with van der Waals surface area (Å²) in [6.07, 6.45) is -7.64. The second-order valence-electron chi connectivity index (χ2n) is 9.34. The standard InChI is InChI=1S/C27H35N3O13/c1-38-15-9-14(10-16(39-2)19(15)31)25(37)41-11-18-20(32)21(33)22(34)26(42-18)43-23-12(5-4-6-30-27(28)29)7-13(24(35)36)8-17(23)40-3/h7-10,18,20-22,26,31-34H,4-6,11H2,1-3H3,(H,35,36)(H4,28,29,30)/t18-,20+,21-,22+,26-/m0/s1. The number of aliphatic imine (C=N–C) groups is 1. The van der Waals surface area contributed by atoms with Gasteiger partial charge < -0.3 is 65.4 Å². The number of phenolic OH excluding ortho intramolecular Hbond substituents is 1. The summed E-state index contributed by atoms with van der Waals surface area (Å²) >= 11 is 0. The van der Waals surface area contributed by atoms with Gasteiger partial charge in [-0.2, -0.15) is 0 Å². The highest BCUT2D eigenvalue weighted by atomic mass is 16.7. The molecule has 0 amide bonds. The first-order valence-corrected chi connectivity index (χ1v) is 12.9. The summed E-state index contributed by atoms with van der Waals surface area (Å²) in [6, 6.07) is 4.97. The van der Waals surface area contributed by atoms with Crippen molar-refractivity contribution in [3.8, 4) is 28.7 Å². The number of guanidine groups is 1. The Balaban J connectivity index is 1.83. The number of rotatable bonds is 13. The number of hydrogen-bond donors (Lipinski definition) is 7. The molecular formula is C27H35N3O13. The number of benzene rings is 2. The summed E-state index contributed by atoms with van der Waals surface area (Å²) < 4.78 is 32.3. The molecule has 1 aliphatic heterocycles. The van der Waals surface area contributed by atoms with Gasteiger partial charge in [-0.3, -0.25) is 4.99 Å². The molecule has 16 heteroatoms. The van der Waals surface area contributed by atoms with Crippen LogP contribution >= 0.6 is 0 Å². The van der Waals surface area contributed by atoms with Crippen LogP contribution in [0.25, 0.3) is 0 Å². The van der Waals surface area contributed by atoms with Crippen LogP contribution in [-0.4, -0.2) is 109 Å². The van der Waals surface area contributed by atoms with Crippen LogP contribution in [-0.2, 0) is 15.9 Å². The number of carboxylic acid groups (broad SMARTS) is 1. The number of phenols is 1. The Morgan fingerprint density at radius 2 is 1.51 bits per heavy atom. The lowest BCUT2D eigenvalue weighted by atomic mass is 9.99. The molecule has 2 aromatic rings. The second kappa shape index (κ2) is 14.6. The zero-order chi connectivity index (χ0) is 31.8. The number of carboxylic acids is 1. The number of carbonyl (C=O) groups excluding carboxylic acids is 1. The number of esters is 1. The Kier molecular flexibility index (Phi) is 11.2. The van der Waals surface area contributed by atoms with E-state index in [4.69, 9.17) is 39.9 Å². The third-order valence-corrected chi connectivity index (χ3v) is 6.49. The van der Waals surface area contributed by atoms with Crippen LogP contribution in [0.5, 0.6) is 28.7 Å². The fourth-order valence-electron chi connectivity index (χ4n) is 4.25. The SMILES string of the molecule is COc1cc(C(=O)OC[C@@H]2O[C@@H](Oc3c(CCCN=C(N)N)cc(C(=O)O)cc3OC)[C@H](O)[C@@H](O)[C@@H]2O)cc(OC)c1O. The summed E-state index contributed by atoms with van der Waals surface area (Å²) in [5, 5.41) is 51.4. The van der Waals surface area contributed by atoms with Crippen LogP contribution in [0.3, 0.4) is 0 Å². The van der Waals surface area contributed by atoms with Gasteiger partial charge in [0.1, 0.15) is 31.0 Å². The third-order valence-electron chi connectivity index (χ3n) is 6.49. The van der Waals surface area contributed by atoms with Crippen LogP contribution in [0.2, 0.25) is 0 Å². The van der Waals surface area contributed by atoms with E-state index >= 15 is 0 Å². The molecule has 43 heavy (non-hydrogen) atoms. The maximum absolute atomic E-state index is 12.8. The maximum atomic E-state index is 12.8. The second-order valence-corrected chi connectivity index (χ2v) is 9.34. The number of nitrogens with zero attached hydrogens (tertiary/aromatic N) is 1. The Morgan fingerprint density at radius 3 is 2.07 bits per heavy atom. The molecule has 1 heterocycles. The van der Waals surface area contributed by atoms with Gasteiger partial charge in [0, 0.05) is 6.54 Å². The van der Waals surface area contributed by atoms with Crippen molar-refractivity contribution in [2.75, 3.05) is 34.5 Å². The van der Waals surface area contributed by atoms with E-state index in [9.17, 15) is 35.1 Å². The molecule has 16 nitrogen and oxygen atoms in total. The quantitative estimate of drug-likeness (QED) is 0.0645. The Labute approximate surface area is 246 Å². The molecule has 5 atom stereocenters. The topological polar surface area (TPSA) is 255 Å². The molecule has 236 valence electrons. The minimum atomic E-state index is -1.79. The minimum absolute atomic E-state index is 0.00358. The highest BCUT2D eigenvalue weighted by Gasteiger charge is 2.46. The van der Waals surface area contributed by atoms with Crippen molar-refractivity contribution < 1.29 is 63.5 Å². The fourth-order valence-corrected chi connectivity index (χ4v) is 4.25.